The summed E-state index contributed by atoms with van der Waals surface area (Å²) in [5, 5.41) is 12.2. The first-order valence-electron chi connectivity index (χ1n) is 8.78. The number of carbonyl (C=O) groups excluding carboxylic acids is 1. The van der Waals surface area contributed by atoms with Crippen molar-refractivity contribution >= 4 is 35.1 Å². The third-order valence-electron chi connectivity index (χ3n) is 4.11. The number of nitrogens with two attached hydrogens (primary N) is 1. The first-order valence-corrected chi connectivity index (χ1v) is 9.76. The Hall–Kier alpha value is -3.04. The molecule has 1 aliphatic rings. The number of aromatic nitrogens is 2. The molecule has 3 N–H and O–H groups in total. The zero-order valence-corrected chi connectivity index (χ0v) is 16.4. The van der Waals surface area contributed by atoms with E-state index in [1.54, 1.807) is 0 Å². The van der Waals surface area contributed by atoms with Crippen molar-refractivity contribution in [2.24, 2.45) is 0 Å². The molecule has 0 aliphatic carbocycles. The number of nitrogen functional groups attached to an aromatic ring is 1. The Labute approximate surface area is 174 Å². The Bertz CT molecular complexity index is 973. The minimum atomic E-state index is -4.51. The number of nitrogens with zero attached hydrogens (tertiary/aromatic N) is 4. The lowest BCUT2D eigenvalue weighted by molar-refractivity contribution is -0.137. The van der Waals surface area contributed by atoms with Gasteiger partial charge >= 0.3 is 6.18 Å². The molecule has 1 fully saturated rings. The average molecular weight is 438 g/mol. The molecule has 8 nitrogen and oxygen atoms in total. The molecule has 1 amide bonds. The van der Waals surface area contributed by atoms with Crippen molar-refractivity contribution in [3.63, 3.8) is 0 Å². The second-order valence-electron chi connectivity index (χ2n) is 6.21. The van der Waals surface area contributed by atoms with E-state index in [4.69, 9.17) is 10.5 Å². The fourth-order valence-corrected chi connectivity index (χ4v) is 3.53. The van der Waals surface area contributed by atoms with Gasteiger partial charge in [-0.2, -0.15) is 23.4 Å². The van der Waals surface area contributed by atoms with E-state index >= 15 is 0 Å². The van der Waals surface area contributed by atoms with E-state index < -0.39 is 17.6 Å². The van der Waals surface area contributed by atoms with Crippen LogP contribution in [0, 0.1) is 11.3 Å². The predicted octanol–water partition coefficient (Wildman–Crippen LogP) is 2.52. The normalized spacial score (nSPS) is 14.3. The Balaban J connectivity index is 1.72. The lowest BCUT2D eigenvalue weighted by Crippen LogP contribution is -2.37. The van der Waals surface area contributed by atoms with Gasteiger partial charge in [-0.3, -0.25) is 4.79 Å². The van der Waals surface area contributed by atoms with Gasteiger partial charge in [0.15, 0.2) is 5.82 Å². The van der Waals surface area contributed by atoms with E-state index in [1.807, 2.05) is 11.0 Å². The topological polar surface area (TPSA) is 117 Å². The van der Waals surface area contributed by atoms with E-state index in [1.165, 1.54) is 12.1 Å². The monoisotopic (exact) mass is 438 g/mol. The van der Waals surface area contributed by atoms with E-state index in [0.29, 0.717) is 32.1 Å². The summed E-state index contributed by atoms with van der Waals surface area (Å²) in [4.78, 5) is 22.3. The lowest BCUT2D eigenvalue weighted by Gasteiger charge is -2.28. The van der Waals surface area contributed by atoms with Gasteiger partial charge in [-0.25, -0.2) is 4.98 Å². The van der Waals surface area contributed by atoms with Crippen LogP contribution < -0.4 is 16.0 Å². The van der Waals surface area contributed by atoms with E-state index in [0.717, 1.165) is 23.9 Å². The van der Waals surface area contributed by atoms with Gasteiger partial charge < -0.3 is 20.7 Å². The Morgan fingerprint density at radius 2 is 2.07 bits per heavy atom. The van der Waals surface area contributed by atoms with Crippen molar-refractivity contribution < 1.29 is 22.7 Å². The van der Waals surface area contributed by atoms with Crippen molar-refractivity contribution in [3.05, 3.63) is 35.4 Å². The maximum Gasteiger partial charge on any atom is 0.416 e. The molecule has 30 heavy (non-hydrogen) atoms. The number of morpholine rings is 1. The van der Waals surface area contributed by atoms with Crippen LogP contribution in [-0.4, -0.2) is 47.9 Å². The van der Waals surface area contributed by atoms with Gasteiger partial charge in [-0.05, 0) is 18.2 Å². The molecule has 158 valence electrons. The number of hydrogen-bond acceptors (Lipinski definition) is 8. The van der Waals surface area contributed by atoms with Crippen LogP contribution in [0.15, 0.2) is 29.3 Å². The smallest absolute Gasteiger partial charge is 0.378 e. The zero-order valence-electron chi connectivity index (χ0n) is 15.6. The van der Waals surface area contributed by atoms with Crippen LogP contribution in [0.5, 0.6) is 0 Å². The minimum absolute atomic E-state index is 0.0205. The Morgan fingerprint density at radius 1 is 1.33 bits per heavy atom. The highest BCUT2D eigenvalue weighted by molar-refractivity contribution is 8.00. The second-order valence-corrected chi connectivity index (χ2v) is 7.18. The quantitative estimate of drug-likeness (QED) is 0.540. The molecule has 2 heterocycles. The first-order chi connectivity index (χ1) is 14.3. The summed E-state index contributed by atoms with van der Waals surface area (Å²) in [6.07, 6.45) is -4.51. The summed E-state index contributed by atoms with van der Waals surface area (Å²) in [5.41, 5.74) is 5.11. The third kappa shape index (κ3) is 5.31. The maximum atomic E-state index is 12.8. The fraction of sp³-hybridized carbons (Fsp3) is 0.333. The number of alkyl halides is 3. The highest BCUT2D eigenvalue weighted by atomic mass is 32.2. The van der Waals surface area contributed by atoms with Gasteiger partial charge in [-0.1, -0.05) is 17.8 Å². The molecule has 0 bridgehead atoms. The summed E-state index contributed by atoms with van der Waals surface area (Å²) in [5.74, 6) is -0.400. The number of ether oxygens (including phenoxy) is 1. The van der Waals surface area contributed by atoms with Gasteiger partial charge in [0, 0.05) is 18.8 Å². The molecule has 12 heteroatoms. The Morgan fingerprint density at radius 3 is 2.73 bits per heavy atom. The number of rotatable bonds is 5. The number of amides is 1. The van der Waals surface area contributed by atoms with Gasteiger partial charge in [0.2, 0.25) is 11.9 Å². The molecule has 3 rings (SSSR count). The maximum absolute atomic E-state index is 12.8. The van der Waals surface area contributed by atoms with Crippen LogP contribution in [0.1, 0.15) is 11.1 Å². The molecule has 1 aromatic carbocycles. The number of thioether (sulfide) groups is 1. The number of anilines is 3. The summed E-state index contributed by atoms with van der Waals surface area (Å²) >= 11 is 0.955. The number of nitriles is 1. The second kappa shape index (κ2) is 9.19. The summed E-state index contributed by atoms with van der Waals surface area (Å²) in [6, 6.07) is 6.38. The van der Waals surface area contributed by atoms with Crippen molar-refractivity contribution in [2.75, 3.05) is 48.0 Å². The molecular formula is C18H17F3N6O2S. The van der Waals surface area contributed by atoms with Gasteiger partial charge in [0.05, 0.1) is 24.5 Å². The van der Waals surface area contributed by atoms with E-state index in [9.17, 15) is 23.2 Å². The predicted molar refractivity (Wildman–Crippen MR) is 105 cm³/mol. The molecule has 1 saturated heterocycles. The molecule has 1 aromatic heterocycles. The van der Waals surface area contributed by atoms with Gasteiger partial charge in [0.25, 0.3) is 0 Å². The van der Waals surface area contributed by atoms with Crippen LogP contribution >= 0.6 is 11.8 Å². The third-order valence-corrected chi connectivity index (χ3v) is 5.09. The molecule has 0 saturated carbocycles. The van der Waals surface area contributed by atoms with Crippen LogP contribution in [0.2, 0.25) is 0 Å². The average Bonchev–Trinajstić information content (AvgIpc) is 2.72. The molecule has 1 aliphatic heterocycles. The SMILES string of the molecule is N#Cc1c(SCC(=O)Nc2cccc(C(F)(F)F)c2)nc(N)nc1N1CCOCC1. The number of nitrogens with one attached hydrogen (secondary N) is 1. The van der Waals surface area contributed by atoms with Crippen molar-refractivity contribution in [2.45, 2.75) is 11.2 Å². The van der Waals surface area contributed by atoms with Crippen LogP contribution in [0.25, 0.3) is 0 Å². The fourth-order valence-electron chi connectivity index (χ4n) is 2.76. The lowest BCUT2D eigenvalue weighted by atomic mass is 10.2. The minimum Gasteiger partial charge on any atom is -0.378 e. The number of carbonyl (C=O) groups is 1. The van der Waals surface area contributed by atoms with Crippen molar-refractivity contribution in [1.82, 2.24) is 9.97 Å². The summed E-state index contributed by atoms with van der Waals surface area (Å²) in [7, 11) is 0. The molecule has 0 atom stereocenters. The van der Waals surface area contributed by atoms with Crippen molar-refractivity contribution in [3.8, 4) is 6.07 Å². The number of benzene rings is 1. The summed E-state index contributed by atoms with van der Waals surface area (Å²) < 4.78 is 43.7. The Kier molecular flexibility index (Phi) is 6.63. The molecule has 0 radical (unpaired) electrons. The standard InChI is InChI=1S/C18H17F3N6O2S/c19-18(20,21)11-2-1-3-12(8-11)24-14(28)10-30-16-13(9-22)15(25-17(23)26-16)27-4-6-29-7-5-27/h1-3,8H,4-7,10H2,(H,24,28)(H2,23,25,26). The molecular weight excluding hydrogens is 421 g/mol. The molecule has 0 spiro atoms. The van der Waals surface area contributed by atoms with Crippen molar-refractivity contribution in [1.29, 1.82) is 5.26 Å². The van der Waals surface area contributed by atoms with Crippen LogP contribution in [-0.2, 0) is 15.7 Å². The molecule has 2 aromatic rings. The number of hydrogen-bond donors (Lipinski definition) is 2. The van der Waals surface area contributed by atoms with E-state index in [-0.39, 0.29) is 28.0 Å². The highest BCUT2D eigenvalue weighted by Crippen LogP contribution is 2.31. The van der Waals surface area contributed by atoms with Gasteiger partial charge in [-0.15, -0.1) is 0 Å². The first kappa shape index (κ1) is 21.7. The van der Waals surface area contributed by atoms with E-state index in [2.05, 4.69) is 15.3 Å². The van der Waals surface area contributed by atoms with Crippen LogP contribution in [0.4, 0.5) is 30.6 Å². The molecule has 0 unspecified atom stereocenters. The van der Waals surface area contributed by atoms with Crippen LogP contribution in [0.3, 0.4) is 0 Å². The summed E-state index contributed by atoms with van der Waals surface area (Å²) in [6.45, 7) is 2.03. The largest absolute Gasteiger partial charge is 0.416 e. The number of halogens is 3. The highest BCUT2D eigenvalue weighted by Gasteiger charge is 2.30. The zero-order chi connectivity index (χ0) is 21.7. The van der Waals surface area contributed by atoms with Gasteiger partial charge in [0.1, 0.15) is 16.7 Å².